The van der Waals surface area contributed by atoms with Gasteiger partial charge in [0, 0.05) is 38.5 Å². The Morgan fingerprint density at radius 3 is 2.58 bits per heavy atom. The fraction of sp³-hybridized carbons (Fsp3) is 0.818. The van der Waals surface area contributed by atoms with Crippen LogP contribution in [0.3, 0.4) is 0 Å². The molecule has 0 heterocycles. The molecule has 0 aromatic heterocycles. The van der Waals surface area contributed by atoms with Crippen LogP contribution in [0, 0.1) is 48.7 Å². The summed E-state index contributed by atoms with van der Waals surface area (Å²) in [4.78, 5) is 8.22. The van der Waals surface area contributed by atoms with Gasteiger partial charge in [-0.15, -0.1) is 0 Å². The SMILES string of the molecule is [C-]#[N+]C(C)(C)C[C@H]1C[C@@H](C)[C@@H]2CC[C@@H](C)[C@]3([N+]#[C-])CCC(=C)[C@H]1[C@@H]23. The molecule has 3 rings (SSSR count). The van der Waals surface area contributed by atoms with Gasteiger partial charge in [-0.05, 0) is 49.4 Å². The Hall–Kier alpha value is -1.28. The Balaban J connectivity index is 2.03. The summed E-state index contributed by atoms with van der Waals surface area (Å²) in [7, 11) is 0. The van der Waals surface area contributed by atoms with Crippen LogP contribution in [0.25, 0.3) is 9.69 Å². The summed E-state index contributed by atoms with van der Waals surface area (Å²) in [6, 6.07) is 0. The summed E-state index contributed by atoms with van der Waals surface area (Å²) >= 11 is 0. The van der Waals surface area contributed by atoms with Crippen LogP contribution in [-0.2, 0) is 0 Å². The molecule has 0 saturated heterocycles. The van der Waals surface area contributed by atoms with E-state index in [0.717, 1.165) is 19.3 Å². The predicted molar refractivity (Wildman–Crippen MR) is 99.1 cm³/mol. The van der Waals surface area contributed by atoms with Crippen molar-refractivity contribution in [2.75, 3.05) is 0 Å². The number of nitrogens with zero attached hydrogens (tertiary/aromatic N) is 2. The molecule has 3 aliphatic rings. The van der Waals surface area contributed by atoms with Crippen molar-refractivity contribution in [1.82, 2.24) is 0 Å². The van der Waals surface area contributed by atoms with Crippen molar-refractivity contribution in [2.45, 2.75) is 77.3 Å². The third-order valence-electron chi connectivity index (χ3n) is 7.72. The van der Waals surface area contributed by atoms with E-state index in [0.29, 0.717) is 35.5 Å². The maximum Gasteiger partial charge on any atom is 0.239 e. The molecule has 24 heavy (non-hydrogen) atoms. The number of hydrogen-bond acceptors (Lipinski definition) is 0. The van der Waals surface area contributed by atoms with Gasteiger partial charge in [0.05, 0.1) is 0 Å². The number of rotatable bonds is 2. The van der Waals surface area contributed by atoms with E-state index in [4.69, 9.17) is 13.1 Å². The maximum absolute atomic E-state index is 8.08. The van der Waals surface area contributed by atoms with Crippen molar-refractivity contribution in [3.8, 4) is 0 Å². The largest absolute Gasteiger partial charge is 0.311 e. The van der Waals surface area contributed by atoms with Gasteiger partial charge in [0.2, 0.25) is 11.1 Å². The Bertz CT molecular complexity index is 604. The standard InChI is InChI=1S/C22H32N2/c1-14-10-11-22(24-7)16(3)8-9-18-15(2)12-17(19(14)20(18)22)13-21(4,5)23-6/h15-20H,1,8-13H2,2-5H3/t15-,16-,17-,18+,19-,20-,22-/m1/s1. The minimum atomic E-state index is -0.296. The van der Waals surface area contributed by atoms with Gasteiger partial charge in [0.25, 0.3) is 0 Å². The van der Waals surface area contributed by atoms with Gasteiger partial charge < -0.3 is 9.69 Å². The lowest BCUT2D eigenvalue weighted by molar-refractivity contribution is -0.0537. The minimum Gasteiger partial charge on any atom is -0.311 e. The quantitative estimate of drug-likeness (QED) is 0.434. The highest BCUT2D eigenvalue weighted by Crippen LogP contribution is 2.63. The van der Waals surface area contributed by atoms with E-state index in [1.807, 2.05) is 0 Å². The molecule has 2 heteroatoms. The first-order valence-corrected chi connectivity index (χ1v) is 9.70. The van der Waals surface area contributed by atoms with E-state index < -0.39 is 0 Å². The number of allylic oxidation sites excluding steroid dienone is 1. The molecule has 0 amide bonds. The molecule has 0 aromatic rings. The molecule has 2 nitrogen and oxygen atoms in total. The molecule has 0 spiro atoms. The molecule has 3 aliphatic carbocycles. The van der Waals surface area contributed by atoms with Crippen LogP contribution in [0.2, 0.25) is 0 Å². The molecular weight excluding hydrogens is 292 g/mol. The minimum absolute atomic E-state index is 0.163. The van der Waals surface area contributed by atoms with Gasteiger partial charge in [-0.25, -0.2) is 13.1 Å². The summed E-state index contributed by atoms with van der Waals surface area (Å²) < 4.78 is 0. The van der Waals surface area contributed by atoms with E-state index in [1.165, 1.54) is 24.8 Å². The highest BCUT2D eigenvalue weighted by molar-refractivity contribution is 5.25. The molecule has 0 aromatic carbocycles. The highest BCUT2D eigenvalue weighted by Gasteiger charge is 2.64. The zero-order chi connectivity index (χ0) is 17.7. The lowest BCUT2D eigenvalue weighted by atomic mass is 9.45. The zero-order valence-corrected chi connectivity index (χ0v) is 15.8. The lowest BCUT2D eigenvalue weighted by Gasteiger charge is -2.57. The molecule has 0 unspecified atom stereocenters. The smallest absolute Gasteiger partial charge is 0.239 e. The van der Waals surface area contributed by atoms with Gasteiger partial charge in [-0.3, -0.25) is 0 Å². The van der Waals surface area contributed by atoms with Crippen LogP contribution in [0.4, 0.5) is 0 Å². The second-order valence-corrected chi connectivity index (χ2v) is 9.56. The van der Waals surface area contributed by atoms with E-state index in [-0.39, 0.29) is 11.1 Å². The molecule has 0 N–H and O–H groups in total. The first-order chi connectivity index (χ1) is 11.3. The fourth-order valence-corrected chi connectivity index (χ4v) is 6.55. The maximum atomic E-state index is 8.08. The lowest BCUT2D eigenvalue weighted by Crippen LogP contribution is -2.59. The van der Waals surface area contributed by atoms with E-state index >= 15 is 0 Å². The Morgan fingerprint density at radius 1 is 1.25 bits per heavy atom. The van der Waals surface area contributed by atoms with Gasteiger partial charge in [0.15, 0.2) is 0 Å². The van der Waals surface area contributed by atoms with Crippen molar-refractivity contribution in [3.05, 3.63) is 35.0 Å². The Morgan fingerprint density at radius 2 is 1.96 bits per heavy atom. The van der Waals surface area contributed by atoms with Crippen LogP contribution in [0.15, 0.2) is 12.2 Å². The van der Waals surface area contributed by atoms with Crippen LogP contribution >= 0.6 is 0 Å². The Labute approximate surface area is 148 Å². The Kier molecular flexibility index (Phi) is 4.32. The van der Waals surface area contributed by atoms with Crippen LogP contribution in [-0.4, -0.2) is 11.1 Å². The third-order valence-corrected chi connectivity index (χ3v) is 7.72. The predicted octanol–water partition coefficient (Wildman–Crippen LogP) is 6.02. The van der Waals surface area contributed by atoms with E-state index in [1.54, 1.807) is 0 Å². The monoisotopic (exact) mass is 324 g/mol. The zero-order valence-electron chi connectivity index (χ0n) is 15.8. The summed E-state index contributed by atoms with van der Waals surface area (Å²) in [5, 5.41) is 0. The normalized spacial score (nSPS) is 45.0. The van der Waals surface area contributed by atoms with Crippen molar-refractivity contribution >= 4 is 0 Å². The number of hydrogen-bond donors (Lipinski definition) is 0. The van der Waals surface area contributed by atoms with Crippen molar-refractivity contribution in [2.24, 2.45) is 35.5 Å². The van der Waals surface area contributed by atoms with Crippen LogP contribution in [0.1, 0.15) is 66.2 Å². The second kappa shape index (κ2) is 5.91. The topological polar surface area (TPSA) is 8.72 Å². The summed E-state index contributed by atoms with van der Waals surface area (Å²) in [6.07, 6.45) is 6.70. The molecule has 3 saturated carbocycles. The first-order valence-electron chi connectivity index (χ1n) is 9.70. The first kappa shape index (κ1) is 17.5. The van der Waals surface area contributed by atoms with Crippen molar-refractivity contribution in [1.29, 1.82) is 0 Å². The second-order valence-electron chi connectivity index (χ2n) is 9.56. The van der Waals surface area contributed by atoms with Crippen LogP contribution in [0.5, 0.6) is 0 Å². The molecule has 0 radical (unpaired) electrons. The van der Waals surface area contributed by atoms with Gasteiger partial charge in [-0.1, -0.05) is 26.0 Å². The summed E-state index contributed by atoms with van der Waals surface area (Å²) in [5.41, 5.74) is 0.927. The van der Waals surface area contributed by atoms with Gasteiger partial charge in [0.1, 0.15) is 0 Å². The van der Waals surface area contributed by atoms with E-state index in [9.17, 15) is 0 Å². The average molecular weight is 325 g/mol. The van der Waals surface area contributed by atoms with E-state index in [2.05, 4.69) is 44.0 Å². The molecule has 0 bridgehead atoms. The average Bonchev–Trinajstić information content (AvgIpc) is 2.54. The third kappa shape index (κ3) is 2.50. The fourth-order valence-electron chi connectivity index (χ4n) is 6.55. The molecule has 130 valence electrons. The van der Waals surface area contributed by atoms with Crippen LogP contribution < -0.4 is 0 Å². The molecule has 3 fully saturated rings. The highest BCUT2D eigenvalue weighted by atomic mass is 14.9. The van der Waals surface area contributed by atoms with Crippen molar-refractivity contribution in [3.63, 3.8) is 0 Å². The van der Waals surface area contributed by atoms with Gasteiger partial charge >= 0.3 is 0 Å². The summed E-state index contributed by atoms with van der Waals surface area (Å²) in [6.45, 7) is 29.0. The molecule has 0 aliphatic heterocycles. The summed E-state index contributed by atoms with van der Waals surface area (Å²) in [5.74, 6) is 3.35. The van der Waals surface area contributed by atoms with Crippen molar-refractivity contribution < 1.29 is 0 Å². The van der Waals surface area contributed by atoms with Gasteiger partial charge in [-0.2, -0.15) is 0 Å². The molecular formula is C22H32N2. The molecule has 7 atom stereocenters.